The van der Waals surface area contributed by atoms with Gasteiger partial charge in [0, 0.05) is 23.5 Å². The molecular weight excluding hydrogens is 230 g/mol. The van der Waals surface area contributed by atoms with Crippen LogP contribution in [-0.4, -0.2) is 24.8 Å². The number of benzene rings is 1. The van der Waals surface area contributed by atoms with Crippen LogP contribution in [0.5, 0.6) is 0 Å². The van der Waals surface area contributed by atoms with Crippen molar-refractivity contribution >= 4 is 23.1 Å². The van der Waals surface area contributed by atoms with Gasteiger partial charge in [0.2, 0.25) is 5.91 Å². The Balaban J connectivity index is 2.60. The van der Waals surface area contributed by atoms with Crippen molar-refractivity contribution in [1.82, 2.24) is 5.32 Å². The first-order valence-electron chi connectivity index (χ1n) is 5.95. The lowest BCUT2D eigenvalue weighted by molar-refractivity contribution is -0.119. The monoisotopic (exact) mass is 249 g/mol. The van der Waals surface area contributed by atoms with Crippen molar-refractivity contribution in [3.8, 4) is 0 Å². The van der Waals surface area contributed by atoms with Gasteiger partial charge in [-0.1, -0.05) is 6.92 Å². The lowest BCUT2D eigenvalue weighted by Gasteiger charge is -2.09. The molecule has 0 fully saturated rings. The Morgan fingerprint density at radius 2 is 2.06 bits per heavy atom. The fourth-order valence-corrected chi connectivity index (χ4v) is 1.48. The van der Waals surface area contributed by atoms with Crippen LogP contribution in [0.2, 0.25) is 0 Å². The molecule has 0 aromatic heterocycles. The lowest BCUT2D eigenvalue weighted by atomic mass is 10.1. The van der Waals surface area contributed by atoms with Crippen molar-refractivity contribution in [2.75, 3.05) is 24.1 Å². The molecule has 0 unspecified atom stereocenters. The van der Waals surface area contributed by atoms with Gasteiger partial charge < -0.3 is 16.4 Å². The molecule has 0 saturated heterocycles. The normalized spacial score (nSPS) is 9.89. The summed E-state index contributed by atoms with van der Waals surface area (Å²) in [6.07, 6.45) is 0.905. The lowest BCUT2D eigenvalue weighted by Crippen LogP contribution is -2.30. The first-order chi connectivity index (χ1) is 8.54. The number of nitrogen functional groups attached to an aromatic ring is 1. The van der Waals surface area contributed by atoms with E-state index in [1.165, 1.54) is 6.92 Å². The Kier molecular flexibility index (Phi) is 5.17. The number of rotatable bonds is 6. The van der Waals surface area contributed by atoms with Crippen molar-refractivity contribution in [2.24, 2.45) is 0 Å². The van der Waals surface area contributed by atoms with Crippen LogP contribution in [0.1, 0.15) is 30.6 Å². The van der Waals surface area contributed by atoms with Crippen LogP contribution in [0.15, 0.2) is 18.2 Å². The molecule has 1 aromatic rings. The smallest absolute Gasteiger partial charge is 0.239 e. The quantitative estimate of drug-likeness (QED) is 0.525. The number of Topliss-reactive ketones (excluding diaryl/α,β-unsaturated/α-hetero) is 1. The predicted molar refractivity (Wildman–Crippen MR) is 72.6 cm³/mol. The predicted octanol–water partition coefficient (Wildman–Crippen LogP) is 1.41. The molecule has 0 radical (unpaired) electrons. The molecule has 0 saturated carbocycles. The van der Waals surface area contributed by atoms with Crippen molar-refractivity contribution < 1.29 is 9.59 Å². The first-order valence-corrected chi connectivity index (χ1v) is 5.95. The van der Waals surface area contributed by atoms with Crippen LogP contribution in [0.25, 0.3) is 0 Å². The minimum Gasteiger partial charge on any atom is -0.398 e. The summed E-state index contributed by atoms with van der Waals surface area (Å²) >= 11 is 0. The van der Waals surface area contributed by atoms with Gasteiger partial charge in [-0.2, -0.15) is 0 Å². The Labute approximate surface area is 107 Å². The average Bonchev–Trinajstić information content (AvgIpc) is 2.35. The molecule has 5 heteroatoms. The molecule has 4 N–H and O–H groups in total. The standard InChI is InChI=1S/C13H19N3O2/c1-3-6-15-13(18)8-16-10-4-5-12(14)11(7-10)9(2)17/h4-5,7,16H,3,6,8,14H2,1-2H3,(H,15,18). The number of nitrogens with two attached hydrogens (primary N) is 1. The van der Waals surface area contributed by atoms with Crippen molar-refractivity contribution in [3.05, 3.63) is 23.8 Å². The van der Waals surface area contributed by atoms with E-state index in [-0.39, 0.29) is 18.2 Å². The van der Waals surface area contributed by atoms with Crippen LogP contribution < -0.4 is 16.4 Å². The van der Waals surface area contributed by atoms with E-state index in [1.54, 1.807) is 18.2 Å². The highest BCUT2D eigenvalue weighted by Crippen LogP contribution is 2.18. The molecule has 0 aliphatic rings. The minimum atomic E-state index is -0.0911. The number of carbonyl (C=O) groups is 2. The molecular formula is C13H19N3O2. The van der Waals surface area contributed by atoms with Crippen molar-refractivity contribution in [3.63, 3.8) is 0 Å². The van der Waals surface area contributed by atoms with E-state index in [9.17, 15) is 9.59 Å². The molecule has 0 heterocycles. The second-order valence-corrected chi connectivity index (χ2v) is 4.06. The molecule has 0 aliphatic carbocycles. The average molecular weight is 249 g/mol. The maximum absolute atomic E-state index is 11.4. The molecule has 0 atom stereocenters. The van der Waals surface area contributed by atoms with Gasteiger partial charge in [0.25, 0.3) is 0 Å². The summed E-state index contributed by atoms with van der Waals surface area (Å²) in [7, 11) is 0. The van der Waals surface area contributed by atoms with E-state index >= 15 is 0 Å². The summed E-state index contributed by atoms with van der Waals surface area (Å²) < 4.78 is 0. The summed E-state index contributed by atoms with van der Waals surface area (Å²) in [5.74, 6) is -0.162. The zero-order valence-corrected chi connectivity index (χ0v) is 10.7. The minimum absolute atomic E-state index is 0.0712. The van der Waals surface area contributed by atoms with Crippen LogP contribution in [0.4, 0.5) is 11.4 Å². The number of hydrogen-bond donors (Lipinski definition) is 3. The van der Waals surface area contributed by atoms with E-state index < -0.39 is 0 Å². The SMILES string of the molecule is CCCNC(=O)CNc1ccc(N)c(C(C)=O)c1. The zero-order chi connectivity index (χ0) is 13.5. The Bertz CT molecular complexity index is 444. The second-order valence-electron chi connectivity index (χ2n) is 4.06. The third-order valence-electron chi connectivity index (χ3n) is 2.46. The Morgan fingerprint density at radius 1 is 1.33 bits per heavy atom. The van der Waals surface area contributed by atoms with Gasteiger partial charge in [0.1, 0.15) is 0 Å². The number of amides is 1. The zero-order valence-electron chi connectivity index (χ0n) is 10.7. The number of carbonyl (C=O) groups excluding carboxylic acids is 2. The fourth-order valence-electron chi connectivity index (χ4n) is 1.48. The van der Waals surface area contributed by atoms with E-state index in [0.29, 0.717) is 23.5 Å². The second kappa shape index (κ2) is 6.64. The maximum atomic E-state index is 11.4. The largest absolute Gasteiger partial charge is 0.398 e. The van der Waals surface area contributed by atoms with E-state index in [4.69, 9.17) is 5.73 Å². The van der Waals surface area contributed by atoms with Crippen molar-refractivity contribution in [2.45, 2.75) is 20.3 Å². The molecule has 98 valence electrons. The summed E-state index contributed by atoms with van der Waals surface area (Å²) in [4.78, 5) is 22.7. The summed E-state index contributed by atoms with van der Waals surface area (Å²) in [6, 6.07) is 5.06. The number of ketones is 1. The highest BCUT2D eigenvalue weighted by molar-refractivity contribution is 6.00. The van der Waals surface area contributed by atoms with Crippen molar-refractivity contribution in [1.29, 1.82) is 0 Å². The third-order valence-corrected chi connectivity index (χ3v) is 2.46. The summed E-state index contributed by atoms with van der Waals surface area (Å²) in [5.41, 5.74) is 7.31. The van der Waals surface area contributed by atoms with Crippen LogP contribution in [0, 0.1) is 0 Å². The van der Waals surface area contributed by atoms with E-state index in [0.717, 1.165) is 6.42 Å². The molecule has 18 heavy (non-hydrogen) atoms. The Hall–Kier alpha value is -2.04. The summed E-state index contributed by atoms with van der Waals surface area (Å²) in [5, 5.41) is 5.71. The third kappa shape index (κ3) is 4.08. The highest BCUT2D eigenvalue weighted by Gasteiger charge is 2.06. The number of hydrogen-bond acceptors (Lipinski definition) is 4. The highest BCUT2D eigenvalue weighted by atomic mass is 16.1. The van der Waals surface area contributed by atoms with Crippen LogP contribution >= 0.6 is 0 Å². The van der Waals surface area contributed by atoms with Gasteiger partial charge in [-0.05, 0) is 31.5 Å². The fraction of sp³-hybridized carbons (Fsp3) is 0.385. The van der Waals surface area contributed by atoms with E-state index in [1.807, 2.05) is 6.92 Å². The molecule has 0 spiro atoms. The van der Waals surface area contributed by atoms with Gasteiger partial charge >= 0.3 is 0 Å². The maximum Gasteiger partial charge on any atom is 0.239 e. The molecule has 5 nitrogen and oxygen atoms in total. The van der Waals surface area contributed by atoms with E-state index in [2.05, 4.69) is 10.6 Å². The first kappa shape index (κ1) is 14.0. The molecule has 1 amide bonds. The molecule has 1 aromatic carbocycles. The molecule has 0 aliphatic heterocycles. The number of anilines is 2. The molecule has 1 rings (SSSR count). The topological polar surface area (TPSA) is 84.2 Å². The van der Waals surface area contributed by atoms with Gasteiger partial charge in [-0.25, -0.2) is 0 Å². The summed E-state index contributed by atoms with van der Waals surface area (Å²) in [6.45, 7) is 4.30. The van der Waals surface area contributed by atoms with Gasteiger partial charge in [0.15, 0.2) is 5.78 Å². The number of nitrogens with one attached hydrogen (secondary N) is 2. The van der Waals surface area contributed by atoms with Gasteiger partial charge in [-0.15, -0.1) is 0 Å². The van der Waals surface area contributed by atoms with Gasteiger partial charge in [-0.3, -0.25) is 9.59 Å². The van der Waals surface area contributed by atoms with Crippen LogP contribution in [-0.2, 0) is 4.79 Å². The Morgan fingerprint density at radius 3 is 2.67 bits per heavy atom. The molecule has 0 bridgehead atoms. The van der Waals surface area contributed by atoms with Gasteiger partial charge in [0.05, 0.1) is 6.54 Å². The van der Waals surface area contributed by atoms with Crippen LogP contribution in [0.3, 0.4) is 0 Å².